The summed E-state index contributed by atoms with van der Waals surface area (Å²) in [4.78, 5) is 26.3. The molecule has 0 radical (unpaired) electrons. The zero-order valence-corrected chi connectivity index (χ0v) is 16.1. The van der Waals surface area contributed by atoms with Crippen molar-refractivity contribution >= 4 is 11.8 Å². The molecule has 0 aliphatic heterocycles. The van der Waals surface area contributed by atoms with Gasteiger partial charge < -0.3 is 10.2 Å². The van der Waals surface area contributed by atoms with Crippen molar-refractivity contribution in [1.29, 1.82) is 0 Å². The molecule has 0 aliphatic carbocycles. The molecule has 0 spiro atoms. The van der Waals surface area contributed by atoms with Crippen LogP contribution in [0.25, 0.3) is 5.69 Å². The van der Waals surface area contributed by atoms with Gasteiger partial charge in [-0.15, -0.1) is 0 Å². The van der Waals surface area contributed by atoms with Gasteiger partial charge in [0.2, 0.25) is 5.91 Å². The smallest absolute Gasteiger partial charge is 0.257 e. The van der Waals surface area contributed by atoms with Gasteiger partial charge in [-0.3, -0.25) is 9.59 Å². The first-order chi connectivity index (χ1) is 12.0. The molecule has 0 saturated heterocycles. The van der Waals surface area contributed by atoms with Gasteiger partial charge in [-0.25, -0.2) is 9.07 Å². The molecule has 1 aromatic carbocycles. The number of aromatic nitrogens is 2. The monoisotopic (exact) mass is 360 g/mol. The summed E-state index contributed by atoms with van der Waals surface area (Å²) in [5, 5.41) is 7.23. The normalized spacial score (nSPS) is 11.3. The number of benzene rings is 1. The largest absolute Gasteiger partial charge is 0.350 e. The van der Waals surface area contributed by atoms with Crippen LogP contribution in [0.15, 0.2) is 24.3 Å². The summed E-state index contributed by atoms with van der Waals surface area (Å²) in [7, 11) is 1.58. The minimum absolute atomic E-state index is 0.0449. The number of amides is 2. The van der Waals surface area contributed by atoms with E-state index in [2.05, 4.69) is 10.4 Å². The fraction of sp³-hybridized carbons (Fsp3) is 0.421. The number of hydrogen-bond acceptors (Lipinski definition) is 3. The zero-order valence-electron chi connectivity index (χ0n) is 16.1. The molecule has 0 atom stereocenters. The van der Waals surface area contributed by atoms with Crippen LogP contribution in [0.3, 0.4) is 0 Å². The van der Waals surface area contributed by atoms with Crippen molar-refractivity contribution in [2.45, 2.75) is 40.2 Å². The average molecular weight is 360 g/mol. The lowest BCUT2D eigenvalue weighted by molar-refractivity contribution is -0.122. The summed E-state index contributed by atoms with van der Waals surface area (Å²) < 4.78 is 14.7. The molecule has 0 unspecified atom stereocenters. The lowest BCUT2D eigenvalue weighted by Gasteiger charge is -2.23. The number of aryl methyl sites for hydroxylation is 1. The third kappa shape index (κ3) is 4.47. The highest BCUT2D eigenvalue weighted by Gasteiger charge is 2.24. The van der Waals surface area contributed by atoms with Crippen LogP contribution in [0.4, 0.5) is 4.39 Å². The van der Waals surface area contributed by atoms with E-state index in [9.17, 15) is 14.0 Å². The number of halogens is 1. The first kappa shape index (κ1) is 19.6. The van der Waals surface area contributed by atoms with E-state index < -0.39 is 0 Å². The predicted octanol–water partition coefficient (Wildman–Crippen LogP) is 2.61. The highest BCUT2D eigenvalue weighted by molar-refractivity contribution is 5.98. The number of carbonyl (C=O) groups is 2. The summed E-state index contributed by atoms with van der Waals surface area (Å²) in [6, 6.07) is 5.89. The number of likely N-dealkylation sites (N-methyl/N-ethyl adjacent to an activating group) is 1. The molecule has 2 rings (SSSR count). The summed E-state index contributed by atoms with van der Waals surface area (Å²) in [5.74, 6) is -0.844. The van der Waals surface area contributed by atoms with Gasteiger partial charge in [0.25, 0.3) is 5.91 Å². The average Bonchev–Trinajstić information content (AvgIpc) is 2.80. The van der Waals surface area contributed by atoms with Crippen LogP contribution in [0, 0.1) is 19.7 Å². The van der Waals surface area contributed by atoms with Crippen LogP contribution in [0.5, 0.6) is 0 Å². The van der Waals surface area contributed by atoms with E-state index in [4.69, 9.17) is 0 Å². The molecular weight excluding hydrogens is 335 g/mol. The summed E-state index contributed by atoms with van der Waals surface area (Å²) in [5.41, 5.74) is 1.95. The van der Waals surface area contributed by atoms with Crippen LogP contribution in [0.2, 0.25) is 0 Å². The molecule has 0 aliphatic rings. The van der Waals surface area contributed by atoms with Crippen molar-refractivity contribution in [2.24, 2.45) is 0 Å². The molecule has 7 heteroatoms. The fourth-order valence-corrected chi connectivity index (χ4v) is 2.72. The fourth-order valence-electron chi connectivity index (χ4n) is 2.72. The van der Waals surface area contributed by atoms with Gasteiger partial charge in [0.15, 0.2) is 0 Å². The van der Waals surface area contributed by atoms with Crippen molar-refractivity contribution in [3.05, 3.63) is 47.0 Å². The Labute approximate surface area is 153 Å². The topological polar surface area (TPSA) is 67.2 Å². The van der Waals surface area contributed by atoms with Crippen molar-refractivity contribution < 1.29 is 14.0 Å². The number of hydrogen-bond donors (Lipinski definition) is 1. The highest BCUT2D eigenvalue weighted by atomic mass is 19.1. The molecule has 1 heterocycles. The standard InChI is InChI=1S/C19H25FN4O2/c1-12-17(18(26)23(6)11-16(25)21-19(3,4)5)13(2)24(22-12)15-9-7-14(20)8-10-15/h7-10H,11H2,1-6H3,(H,21,25). The summed E-state index contributed by atoms with van der Waals surface area (Å²) in [6.07, 6.45) is 0. The van der Waals surface area contributed by atoms with Gasteiger partial charge in [0.05, 0.1) is 29.2 Å². The van der Waals surface area contributed by atoms with E-state index in [0.29, 0.717) is 22.6 Å². The number of rotatable bonds is 4. The molecule has 0 fully saturated rings. The van der Waals surface area contributed by atoms with Crippen LogP contribution in [0.1, 0.15) is 42.5 Å². The molecule has 140 valence electrons. The Bertz CT molecular complexity index is 819. The second-order valence-corrected chi connectivity index (χ2v) is 7.39. The Hall–Kier alpha value is -2.70. The molecule has 0 bridgehead atoms. The SMILES string of the molecule is Cc1nn(-c2ccc(F)cc2)c(C)c1C(=O)N(C)CC(=O)NC(C)(C)C. The molecule has 26 heavy (non-hydrogen) atoms. The van der Waals surface area contributed by atoms with E-state index >= 15 is 0 Å². The van der Waals surface area contributed by atoms with Gasteiger partial charge >= 0.3 is 0 Å². The number of nitrogens with zero attached hydrogens (tertiary/aromatic N) is 3. The van der Waals surface area contributed by atoms with Gasteiger partial charge in [0.1, 0.15) is 5.82 Å². The quantitative estimate of drug-likeness (QED) is 0.911. The van der Waals surface area contributed by atoms with Gasteiger partial charge in [-0.1, -0.05) is 0 Å². The Kier molecular flexibility index (Phi) is 5.49. The molecule has 2 amide bonds. The Morgan fingerprint density at radius 3 is 2.31 bits per heavy atom. The van der Waals surface area contributed by atoms with E-state index in [1.54, 1.807) is 37.7 Å². The molecule has 1 aromatic heterocycles. The van der Waals surface area contributed by atoms with E-state index in [1.165, 1.54) is 17.0 Å². The van der Waals surface area contributed by atoms with Crippen molar-refractivity contribution in [3.8, 4) is 5.69 Å². The van der Waals surface area contributed by atoms with Gasteiger partial charge in [0, 0.05) is 12.6 Å². The Balaban J connectivity index is 2.24. The predicted molar refractivity (Wildman–Crippen MR) is 97.9 cm³/mol. The van der Waals surface area contributed by atoms with Crippen LogP contribution < -0.4 is 5.32 Å². The molecular formula is C19H25FN4O2. The van der Waals surface area contributed by atoms with Crippen LogP contribution in [-0.2, 0) is 4.79 Å². The second-order valence-electron chi connectivity index (χ2n) is 7.39. The maximum absolute atomic E-state index is 13.1. The van der Waals surface area contributed by atoms with Crippen molar-refractivity contribution in [3.63, 3.8) is 0 Å². The van der Waals surface area contributed by atoms with E-state index in [1.807, 2.05) is 20.8 Å². The van der Waals surface area contributed by atoms with Gasteiger partial charge in [-0.05, 0) is 58.9 Å². The van der Waals surface area contributed by atoms with E-state index in [0.717, 1.165) is 0 Å². The minimum atomic E-state index is -0.361. The number of nitrogens with one attached hydrogen (secondary N) is 1. The third-order valence-corrected chi connectivity index (χ3v) is 3.82. The Morgan fingerprint density at radius 2 is 1.77 bits per heavy atom. The van der Waals surface area contributed by atoms with E-state index in [-0.39, 0.29) is 29.7 Å². The van der Waals surface area contributed by atoms with Crippen LogP contribution in [-0.4, -0.2) is 45.6 Å². The summed E-state index contributed by atoms with van der Waals surface area (Å²) >= 11 is 0. The highest BCUT2D eigenvalue weighted by Crippen LogP contribution is 2.19. The minimum Gasteiger partial charge on any atom is -0.350 e. The lowest BCUT2D eigenvalue weighted by Crippen LogP contribution is -2.46. The first-order valence-corrected chi connectivity index (χ1v) is 8.38. The molecule has 0 saturated carbocycles. The maximum atomic E-state index is 13.1. The maximum Gasteiger partial charge on any atom is 0.257 e. The lowest BCUT2D eigenvalue weighted by atomic mass is 10.1. The number of carbonyl (C=O) groups excluding carboxylic acids is 2. The van der Waals surface area contributed by atoms with Crippen molar-refractivity contribution in [1.82, 2.24) is 20.0 Å². The summed E-state index contributed by atoms with van der Waals surface area (Å²) in [6.45, 7) is 9.12. The molecule has 1 N–H and O–H groups in total. The zero-order chi connectivity index (χ0) is 19.6. The van der Waals surface area contributed by atoms with Crippen LogP contribution >= 0.6 is 0 Å². The first-order valence-electron chi connectivity index (χ1n) is 8.38. The van der Waals surface area contributed by atoms with Gasteiger partial charge in [-0.2, -0.15) is 5.10 Å². The molecule has 6 nitrogen and oxygen atoms in total. The van der Waals surface area contributed by atoms with Crippen molar-refractivity contribution in [2.75, 3.05) is 13.6 Å². The Morgan fingerprint density at radius 1 is 1.19 bits per heavy atom. The third-order valence-electron chi connectivity index (χ3n) is 3.82. The second kappa shape index (κ2) is 7.27. The molecule has 2 aromatic rings.